The standard InChI is InChI=1S/C8H18O4/c1-2-3-5-11-8(7-10)12-6-4-9/h8-10H,2-7H2,1H3. The average molecular weight is 178 g/mol. The van der Waals surface area contributed by atoms with E-state index in [1.54, 1.807) is 0 Å². The van der Waals surface area contributed by atoms with Crippen LogP contribution in [-0.2, 0) is 9.47 Å². The van der Waals surface area contributed by atoms with E-state index in [4.69, 9.17) is 19.7 Å². The Balaban J connectivity index is 3.26. The van der Waals surface area contributed by atoms with Crippen molar-refractivity contribution < 1.29 is 19.7 Å². The summed E-state index contributed by atoms with van der Waals surface area (Å²) in [5, 5.41) is 17.1. The van der Waals surface area contributed by atoms with Gasteiger partial charge in [0.25, 0.3) is 0 Å². The third-order valence-corrected chi connectivity index (χ3v) is 1.35. The van der Waals surface area contributed by atoms with Crippen LogP contribution in [0.4, 0.5) is 0 Å². The lowest BCUT2D eigenvalue weighted by Gasteiger charge is -2.14. The fourth-order valence-electron chi connectivity index (χ4n) is 0.697. The van der Waals surface area contributed by atoms with Crippen LogP contribution < -0.4 is 0 Å². The minimum atomic E-state index is -0.580. The molecule has 0 amide bonds. The smallest absolute Gasteiger partial charge is 0.180 e. The highest BCUT2D eigenvalue weighted by atomic mass is 16.7. The predicted molar refractivity (Wildman–Crippen MR) is 44.8 cm³/mol. The van der Waals surface area contributed by atoms with Crippen LogP contribution >= 0.6 is 0 Å². The summed E-state index contributed by atoms with van der Waals surface area (Å²) >= 11 is 0. The maximum absolute atomic E-state index is 8.72. The van der Waals surface area contributed by atoms with Gasteiger partial charge >= 0.3 is 0 Å². The Hall–Kier alpha value is -0.160. The molecule has 0 rings (SSSR count). The van der Waals surface area contributed by atoms with E-state index in [-0.39, 0.29) is 19.8 Å². The maximum Gasteiger partial charge on any atom is 0.180 e. The van der Waals surface area contributed by atoms with Crippen LogP contribution in [0.1, 0.15) is 19.8 Å². The van der Waals surface area contributed by atoms with Crippen molar-refractivity contribution in [3.05, 3.63) is 0 Å². The Morgan fingerprint density at radius 1 is 1.17 bits per heavy atom. The van der Waals surface area contributed by atoms with E-state index in [0.717, 1.165) is 12.8 Å². The topological polar surface area (TPSA) is 58.9 Å². The van der Waals surface area contributed by atoms with E-state index in [1.165, 1.54) is 0 Å². The Labute approximate surface area is 73.1 Å². The molecule has 4 heteroatoms. The molecule has 0 spiro atoms. The molecule has 0 bridgehead atoms. The molecule has 0 fully saturated rings. The lowest BCUT2D eigenvalue weighted by molar-refractivity contribution is -0.167. The molecular formula is C8H18O4. The Bertz CT molecular complexity index is 87.1. The largest absolute Gasteiger partial charge is 0.394 e. The monoisotopic (exact) mass is 178 g/mol. The summed E-state index contributed by atoms with van der Waals surface area (Å²) in [7, 11) is 0. The van der Waals surface area contributed by atoms with Gasteiger partial charge in [-0.05, 0) is 6.42 Å². The summed E-state index contributed by atoms with van der Waals surface area (Å²) in [4.78, 5) is 0. The van der Waals surface area contributed by atoms with Crippen molar-refractivity contribution in [1.82, 2.24) is 0 Å². The average Bonchev–Trinajstić information content (AvgIpc) is 2.11. The molecule has 1 atom stereocenters. The lowest BCUT2D eigenvalue weighted by atomic mass is 10.4. The van der Waals surface area contributed by atoms with E-state index in [0.29, 0.717) is 6.61 Å². The van der Waals surface area contributed by atoms with E-state index in [2.05, 4.69) is 6.92 Å². The molecule has 0 aliphatic rings. The van der Waals surface area contributed by atoms with Crippen LogP contribution in [0.25, 0.3) is 0 Å². The fourth-order valence-corrected chi connectivity index (χ4v) is 0.697. The summed E-state index contributed by atoms with van der Waals surface area (Å²) in [6.07, 6.45) is 1.43. The minimum absolute atomic E-state index is 0.0480. The van der Waals surface area contributed by atoms with E-state index in [1.807, 2.05) is 0 Å². The van der Waals surface area contributed by atoms with Crippen LogP contribution in [-0.4, -0.2) is 42.9 Å². The molecule has 0 aliphatic heterocycles. The zero-order valence-corrected chi connectivity index (χ0v) is 7.53. The van der Waals surface area contributed by atoms with Gasteiger partial charge < -0.3 is 19.7 Å². The van der Waals surface area contributed by atoms with Gasteiger partial charge in [0, 0.05) is 6.61 Å². The van der Waals surface area contributed by atoms with Crippen LogP contribution in [0.5, 0.6) is 0 Å². The van der Waals surface area contributed by atoms with Crippen molar-refractivity contribution in [2.75, 3.05) is 26.4 Å². The molecule has 0 aromatic carbocycles. The number of ether oxygens (including phenoxy) is 2. The van der Waals surface area contributed by atoms with Crippen LogP contribution in [0.3, 0.4) is 0 Å². The molecular weight excluding hydrogens is 160 g/mol. The van der Waals surface area contributed by atoms with Crippen LogP contribution in [0.15, 0.2) is 0 Å². The molecule has 4 nitrogen and oxygen atoms in total. The fraction of sp³-hybridized carbons (Fsp3) is 1.00. The van der Waals surface area contributed by atoms with Crippen molar-refractivity contribution in [3.8, 4) is 0 Å². The first-order valence-corrected chi connectivity index (χ1v) is 4.30. The Morgan fingerprint density at radius 2 is 1.83 bits per heavy atom. The number of unbranched alkanes of at least 4 members (excludes halogenated alkanes) is 1. The lowest BCUT2D eigenvalue weighted by Crippen LogP contribution is -2.23. The molecule has 12 heavy (non-hydrogen) atoms. The van der Waals surface area contributed by atoms with Crippen molar-refractivity contribution in [1.29, 1.82) is 0 Å². The van der Waals surface area contributed by atoms with Gasteiger partial charge in [-0.2, -0.15) is 0 Å². The number of hydrogen-bond acceptors (Lipinski definition) is 4. The molecule has 0 radical (unpaired) electrons. The molecule has 1 unspecified atom stereocenters. The van der Waals surface area contributed by atoms with Crippen LogP contribution in [0, 0.1) is 0 Å². The molecule has 0 aliphatic carbocycles. The molecule has 0 heterocycles. The van der Waals surface area contributed by atoms with Gasteiger partial charge in [-0.25, -0.2) is 0 Å². The van der Waals surface area contributed by atoms with Crippen molar-refractivity contribution in [3.63, 3.8) is 0 Å². The molecule has 0 saturated heterocycles. The molecule has 0 saturated carbocycles. The third-order valence-electron chi connectivity index (χ3n) is 1.35. The minimum Gasteiger partial charge on any atom is -0.394 e. The SMILES string of the molecule is CCCCOC(CO)OCCO. The zero-order chi connectivity index (χ0) is 9.23. The second-order valence-corrected chi connectivity index (χ2v) is 2.43. The van der Waals surface area contributed by atoms with Crippen molar-refractivity contribution >= 4 is 0 Å². The molecule has 0 aromatic heterocycles. The molecule has 0 aromatic rings. The third kappa shape index (κ3) is 6.54. The number of aliphatic hydroxyl groups excluding tert-OH is 2. The van der Waals surface area contributed by atoms with Gasteiger partial charge in [0.1, 0.15) is 0 Å². The first kappa shape index (κ1) is 11.8. The highest BCUT2D eigenvalue weighted by molar-refractivity contribution is 4.41. The Morgan fingerprint density at radius 3 is 2.33 bits per heavy atom. The zero-order valence-electron chi connectivity index (χ0n) is 7.53. The summed E-state index contributed by atoms with van der Waals surface area (Å²) in [6, 6.07) is 0. The Kier molecular flexibility index (Phi) is 8.81. The summed E-state index contributed by atoms with van der Waals surface area (Å²) in [5.41, 5.74) is 0. The van der Waals surface area contributed by atoms with Crippen molar-refractivity contribution in [2.24, 2.45) is 0 Å². The van der Waals surface area contributed by atoms with E-state index in [9.17, 15) is 0 Å². The van der Waals surface area contributed by atoms with Gasteiger partial charge in [-0.1, -0.05) is 13.3 Å². The van der Waals surface area contributed by atoms with Gasteiger partial charge in [0.2, 0.25) is 0 Å². The molecule has 74 valence electrons. The van der Waals surface area contributed by atoms with E-state index >= 15 is 0 Å². The number of aliphatic hydroxyl groups is 2. The highest BCUT2D eigenvalue weighted by Crippen LogP contribution is 1.96. The maximum atomic E-state index is 8.72. The van der Waals surface area contributed by atoms with E-state index < -0.39 is 6.29 Å². The summed E-state index contributed by atoms with van der Waals surface area (Å²) in [6.45, 7) is 2.65. The number of rotatable bonds is 8. The normalized spacial score (nSPS) is 13.2. The summed E-state index contributed by atoms with van der Waals surface area (Å²) in [5.74, 6) is 0. The molecule has 2 N–H and O–H groups in total. The predicted octanol–water partition coefficient (Wildman–Crippen LogP) is 0.130. The van der Waals surface area contributed by atoms with Gasteiger partial charge in [0.05, 0.1) is 19.8 Å². The summed E-state index contributed by atoms with van der Waals surface area (Å²) < 4.78 is 10.1. The second kappa shape index (κ2) is 8.93. The first-order chi connectivity index (χ1) is 5.85. The highest BCUT2D eigenvalue weighted by Gasteiger charge is 2.05. The number of hydrogen-bond donors (Lipinski definition) is 2. The van der Waals surface area contributed by atoms with Gasteiger partial charge in [-0.3, -0.25) is 0 Å². The quantitative estimate of drug-likeness (QED) is 0.410. The first-order valence-electron chi connectivity index (χ1n) is 4.30. The second-order valence-electron chi connectivity index (χ2n) is 2.43. The van der Waals surface area contributed by atoms with Crippen LogP contribution in [0.2, 0.25) is 0 Å². The van der Waals surface area contributed by atoms with Crippen molar-refractivity contribution in [2.45, 2.75) is 26.1 Å². The van der Waals surface area contributed by atoms with Gasteiger partial charge in [0.15, 0.2) is 6.29 Å². The van der Waals surface area contributed by atoms with Gasteiger partial charge in [-0.15, -0.1) is 0 Å².